The zero-order valence-electron chi connectivity index (χ0n) is 7.74. The second-order valence-corrected chi connectivity index (χ2v) is 3.48. The first-order chi connectivity index (χ1) is 7.71. The van der Waals surface area contributed by atoms with E-state index in [9.17, 15) is 27.6 Å². The number of rotatable bonds is 3. The summed E-state index contributed by atoms with van der Waals surface area (Å²) < 4.78 is 35.5. The molecule has 0 saturated heterocycles. The predicted molar refractivity (Wildman–Crippen MR) is 48.8 cm³/mol. The quantitative estimate of drug-likeness (QED) is 0.627. The van der Waals surface area contributed by atoms with Crippen LogP contribution in [0.15, 0.2) is 5.38 Å². The topological polar surface area (TPSA) is 96.4 Å². The smallest absolute Gasteiger partial charge is 0.471 e. The summed E-state index contributed by atoms with van der Waals surface area (Å²) in [7, 11) is 0. The van der Waals surface area contributed by atoms with Gasteiger partial charge in [0.15, 0.2) is 5.13 Å². The van der Waals surface area contributed by atoms with Gasteiger partial charge in [0.25, 0.3) is 5.78 Å². The van der Waals surface area contributed by atoms with Gasteiger partial charge in [-0.05, 0) is 0 Å². The van der Waals surface area contributed by atoms with Crippen molar-refractivity contribution in [3.05, 3.63) is 11.1 Å². The Morgan fingerprint density at radius 3 is 2.41 bits per heavy atom. The van der Waals surface area contributed by atoms with Crippen molar-refractivity contribution in [1.29, 1.82) is 0 Å². The molecule has 0 saturated carbocycles. The third-order valence-electron chi connectivity index (χ3n) is 1.41. The van der Waals surface area contributed by atoms with Crippen LogP contribution in [0.5, 0.6) is 0 Å². The van der Waals surface area contributed by atoms with Gasteiger partial charge in [0.2, 0.25) is 0 Å². The minimum atomic E-state index is -5.08. The zero-order valence-corrected chi connectivity index (χ0v) is 8.56. The second-order valence-electron chi connectivity index (χ2n) is 2.62. The highest BCUT2D eigenvalue weighted by Gasteiger charge is 2.39. The molecule has 0 aliphatic rings. The van der Waals surface area contributed by atoms with Crippen LogP contribution in [0.25, 0.3) is 0 Å². The van der Waals surface area contributed by atoms with Crippen molar-refractivity contribution < 1.29 is 32.7 Å². The highest BCUT2D eigenvalue weighted by atomic mass is 32.1. The lowest BCUT2D eigenvalue weighted by molar-refractivity contribution is -0.167. The van der Waals surface area contributed by atoms with Crippen LogP contribution >= 0.6 is 11.3 Å². The van der Waals surface area contributed by atoms with E-state index in [-0.39, 0.29) is 0 Å². The number of aromatic nitrogens is 1. The average Bonchev–Trinajstić information content (AvgIpc) is 2.63. The highest BCUT2D eigenvalue weighted by Crippen LogP contribution is 2.21. The molecule has 6 nitrogen and oxygen atoms in total. The molecule has 0 bridgehead atoms. The van der Waals surface area contributed by atoms with E-state index in [0.29, 0.717) is 11.3 Å². The molecule has 0 aliphatic carbocycles. The van der Waals surface area contributed by atoms with Crippen molar-refractivity contribution in [2.24, 2.45) is 0 Å². The molecule has 1 aromatic rings. The Kier molecular flexibility index (Phi) is 3.46. The first-order valence-electron chi connectivity index (χ1n) is 3.83. The number of thiazole rings is 1. The Balaban J connectivity index is 2.80. The monoisotopic (exact) mass is 268 g/mol. The van der Waals surface area contributed by atoms with Gasteiger partial charge in [-0.3, -0.25) is 14.9 Å². The van der Waals surface area contributed by atoms with E-state index in [1.54, 1.807) is 0 Å². The Morgan fingerprint density at radius 2 is 1.94 bits per heavy atom. The first-order valence-corrected chi connectivity index (χ1v) is 4.71. The molecule has 17 heavy (non-hydrogen) atoms. The predicted octanol–water partition coefficient (Wildman–Crippen LogP) is 0.911. The lowest BCUT2D eigenvalue weighted by Gasteiger charge is -2.03. The summed E-state index contributed by atoms with van der Waals surface area (Å²) >= 11 is 0.512. The Bertz CT molecular complexity index is 482. The standard InChI is InChI=1S/C7H3F3N2O4S/c8-7(9,10)5(16)12-6-11-2(1-17-6)3(13)4(14)15/h1H,(H,14,15)(H,11,12,16). The van der Waals surface area contributed by atoms with Gasteiger partial charge in [-0.25, -0.2) is 9.78 Å². The van der Waals surface area contributed by atoms with Crippen molar-refractivity contribution in [3.8, 4) is 0 Å². The first kappa shape index (κ1) is 13.1. The SMILES string of the molecule is O=C(O)C(=O)c1csc(NC(=O)C(F)(F)F)n1. The molecule has 0 atom stereocenters. The number of alkyl halides is 3. The summed E-state index contributed by atoms with van der Waals surface area (Å²) in [5, 5.41) is 10.1. The van der Waals surface area contributed by atoms with E-state index in [1.165, 1.54) is 5.32 Å². The summed E-state index contributed by atoms with van der Waals surface area (Å²) in [6, 6.07) is 0. The maximum Gasteiger partial charge on any atom is 0.471 e. The molecule has 1 amide bonds. The molecule has 0 unspecified atom stereocenters. The molecule has 0 aromatic carbocycles. The van der Waals surface area contributed by atoms with E-state index in [2.05, 4.69) is 4.98 Å². The molecule has 1 rings (SSSR count). The second kappa shape index (κ2) is 4.49. The minimum Gasteiger partial charge on any atom is -0.475 e. The van der Waals surface area contributed by atoms with E-state index in [0.717, 1.165) is 5.38 Å². The van der Waals surface area contributed by atoms with Gasteiger partial charge in [-0.1, -0.05) is 0 Å². The number of Topliss-reactive ketones (excluding diaryl/α,β-unsaturated/α-hetero) is 1. The molecule has 10 heteroatoms. The maximum atomic E-state index is 11.8. The van der Waals surface area contributed by atoms with E-state index in [1.807, 2.05) is 0 Å². The summed E-state index contributed by atoms with van der Waals surface area (Å²) in [4.78, 5) is 34.8. The number of nitrogens with one attached hydrogen (secondary N) is 1. The number of anilines is 1. The number of carbonyl (C=O) groups is 3. The van der Waals surface area contributed by atoms with Gasteiger partial charge in [0.1, 0.15) is 5.69 Å². The Labute approximate surface area is 95.1 Å². The number of carbonyl (C=O) groups excluding carboxylic acids is 2. The molecule has 1 heterocycles. The van der Waals surface area contributed by atoms with Gasteiger partial charge in [-0.2, -0.15) is 13.2 Å². The van der Waals surface area contributed by atoms with Crippen LogP contribution in [-0.2, 0) is 9.59 Å². The van der Waals surface area contributed by atoms with E-state index >= 15 is 0 Å². The molecular weight excluding hydrogens is 265 g/mol. The minimum absolute atomic E-state index is 0.503. The van der Waals surface area contributed by atoms with Crippen molar-refractivity contribution in [2.45, 2.75) is 6.18 Å². The van der Waals surface area contributed by atoms with Crippen molar-refractivity contribution in [2.75, 3.05) is 5.32 Å². The van der Waals surface area contributed by atoms with Crippen LogP contribution in [0.4, 0.5) is 18.3 Å². The summed E-state index contributed by atoms with van der Waals surface area (Å²) in [6.45, 7) is 0. The van der Waals surface area contributed by atoms with E-state index in [4.69, 9.17) is 5.11 Å². The molecule has 1 aromatic heterocycles. The zero-order chi connectivity index (χ0) is 13.2. The van der Waals surface area contributed by atoms with Crippen molar-refractivity contribution in [1.82, 2.24) is 4.98 Å². The van der Waals surface area contributed by atoms with Crippen molar-refractivity contribution in [3.63, 3.8) is 0 Å². The molecular formula is C7H3F3N2O4S. The summed E-state index contributed by atoms with van der Waals surface area (Å²) in [5.74, 6) is -5.40. The lowest BCUT2D eigenvalue weighted by Crippen LogP contribution is -2.29. The van der Waals surface area contributed by atoms with Crippen LogP contribution in [0.2, 0.25) is 0 Å². The largest absolute Gasteiger partial charge is 0.475 e. The highest BCUT2D eigenvalue weighted by molar-refractivity contribution is 7.14. The van der Waals surface area contributed by atoms with Crippen LogP contribution in [-0.4, -0.2) is 33.9 Å². The lowest BCUT2D eigenvalue weighted by atomic mass is 10.3. The fourth-order valence-electron chi connectivity index (χ4n) is 0.713. The number of hydrogen-bond acceptors (Lipinski definition) is 5. The maximum absolute atomic E-state index is 11.8. The number of hydrogen-bond donors (Lipinski definition) is 2. The van der Waals surface area contributed by atoms with E-state index < -0.39 is 34.7 Å². The normalized spacial score (nSPS) is 11.0. The van der Waals surface area contributed by atoms with Crippen LogP contribution < -0.4 is 5.32 Å². The number of ketones is 1. The molecule has 0 fully saturated rings. The Hall–Kier alpha value is -1.97. The Morgan fingerprint density at radius 1 is 1.35 bits per heavy atom. The number of nitrogens with zero attached hydrogens (tertiary/aromatic N) is 1. The number of amides is 1. The third-order valence-corrected chi connectivity index (χ3v) is 2.17. The van der Waals surface area contributed by atoms with Gasteiger partial charge < -0.3 is 5.11 Å². The fraction of sp³-hybridized carbons (Fsp3) is 0.143. The molecule has 2 N–H and O–H groups in total. The summed E-state index contributed by atoms with van der Waals surface area (Å²) in [6.07, 6.45) is -5.08. The van der Waals surface area contributed by atoms with Gasteiger partial charge in [0, 0.05) is 5.38 Å². The number of carboxylic acid groups (broad SMARTS) is 1. The molecule has 0 aliphatic heterocycles. The number of carboxylic acids is 1. The summed E-state index contributed by atoms with van der Waals surface area (Å²) in [5.41, 5.74) is -0.542. The molecule has 0 radical (unpaired) electrons. The average molecular weight is 268 g/mol. The third kappa shape index (κ3) is 3.24. The van der Waals surface area contributed by atoms with Gasteiger partial charge >= 0.3 is 18.1 Å². The van der Waals surface area contributed by atoms with Crippen LogP contribution in [0, 0.1) is 0 Å². The van der Waals surface area contributed by atoms with Gasteiger partial charge in [0.05, 0.1) is 0 Å². The molecule has 92 valence electrons. The van der Waals surface area contributed by atoms with Crippen LogP contribution in [0.3, 0.4) is 0 Å². The number of halogens is 3. The van der Waals surface area contributed by atoms with Crippen LogP contribution in [0.1, 0.15) is 10.5 Å². The fourth-order valence-corrected chi connectivity index (χ4v) is 1.40. The number of aliphatic carboxylic acids is 1. The molecule has 0 spiro atoms. The van der Waals surface area contributed by atoms with Gasteiger partial charge in [-0.15, -0.1) is 11.3 Å². The van der Waals surface area contributed by atoms with Crippen molar-refractivity contribution >= 4 is 34.1 Å².